The predicted octanol–water partition coefficient (Wildman–Crippen LogP) is 2.64. The molecule has 2 nitrogen and oxygen atoms in total. The molecule has 0 spiro atoms. The van der Waals surface area contributed by atoms with Crippen molar-refractivity contribution in [1.29, 1.82) is 0 Å². The van der Waals surface area contributed by atoms with Gasteiger partial charge in [0.1, 0.15) is 5.82 Å². The van der Waals surface area contributed by atoms with E-state index in [0.29, 0.717) is 5.56 Å². The highest BCUT2D eigenvalue weighted by atomic mass is 19.1. The molecule has 0 saturated heterocycles. The van der Waals surface area contributed by atoms with Crippen molar-refractivity contribution in [2.24, 2.45) is 5.73 Å². The summed E-state index contributed by atoms with van der Waals surface area (Å²) in [5.74, 6) is -0.266. The molecule has 0 aliphatic carbocycles. The molecule has 0 aliphatic rings. The molecule has 0 aliphatic heterocycles. The second kappa shape index (κ2) is 4.73. The van der Waals surface area contributed by atoms with Crippen LogP contribution in [0.3, 0.4) is 0 Å². The van der Waals surface area contributed by atoms with E-state index in [4.69, 9.17) is 10.5 Å². The molecule has 1 atom stereocenters. The minimum Gasteiger partial charge on any atom is -0.367 e. The smallest absolute Gasteiger partial charge is 0.129 e. The molecule has 0 fully saturated rings. The van der Waals surface area contributed by atoms with Crippen LogP contribution in [0.5, 0.6) is 0 Å². The molecule has 0 heterocycles. The Morgan fingerprint density at radius 3 is 2.40 bits per heavy atom. The fourth-order valence-corrected chi connectivity index (χ4v) is 1.40. The molecule has 3 heteroatoms. The zero-order valence-electron chi connectivity index (χ0n) is 9.46. The largest absolute Gasteiger partial charge is 0.367 e. The fraction of sp³-hybridized carbons (Fsp3) is 0.500. The molecule has 0 bridgehead atoms. The molecule has 0 saturated carbocycles. The van der Waals surface area contributed by atoms with Crippen LogP contribution in [0.15, 0.2) is 24.3 Å². The highest BCUT2D eigenvalue weighted by molar-refractivity contribution is 5.20. The molecule has 15 heavy (non-hydrogen) atoms. The Balaban J connectivity index is 2.88. The highest BCUT2D eigenvalue weighted by Crippen LogP contribution is 2.24. The van der Waals surface area contributed by atoms with Gasteiger partial charge in [0.15, 0.2) is 0 Å². The van der Waals surface area contributed by atoms with Gasteiger partial charge in [0.05, 0.1) is 11.7 Å². The van der Waals surface area contributed by atoms with Crippen molar-refractivity contribution in [3.63, 3.8) is 0 Å². The molecule has 1 rings (SSSR count). The Bertz CT molecular complexity index is 320. The first-order chi connectivity index (χ1) is 6.94. The summed E-state index contributed by atoms with van der Waals surface area (Å²) < 4.78 is 19.2. The summed E-state index contributed by atoms with van der Waals surface area (Å²) in [5.41, 5.74) is 5.79. The van der Waals surface area contributed by atoms with Crippen LogP contribution in [0.4, 0.5) is 4.39 Å². The third-order valence-electron chi connectivity index (χ3n) is 1.96. The summed E-state index contributed by atoms with van der Waals surface area (Å²) in [7, 11) is 0. The lowest BCUT2D eigenvalue weighted by atomic mass is 10.1. The van der Waals surface area contributed by atoms with Crippen LogP contribution in [0.25, 0.3) is 0 Å². The molecule has 0 radical (unpaired) electrons. The number of benzene rings is 1. The second-order valence-electron chi connectivity index (χ2n) is 4.48. The Labute approximate surface area is 90.2 Å². The van der Waals surface area contributed by atoms with Crippen LogP contribution in [-0.4, -0.2) is 12.1 Å². The van der Waals surface area contributed by atoms with Crippen molar-refractivity contribution in [2.75, 3.05) is 6.54 Å². The zero-order chi connectivity index (χ0) is 11.5. The van der Waals surface area contributed by atoms with E-state index in [1.807, 2.05) is 20.8 Å². The van der Waals surface area contributed by atoms with Gasteiger partial charge in [-0.2, -0.15) is 0 Å². The van der Waals surface area contributed by atoms with Gasteiger partial charge in [0.25, 0.3) is 0 Å². The van der Waals surface area contributed by atoms with Gasteiger partial charge in [-0.25, -0.2) is 4.39 Å². The van der Waals surface area contributed by atoms with Gasteiger partial charge in [-0.3, -0.25) is 0 Å². The maximum atomic E-state index is 13.5. The van der Waals surface area contributed by atoms with Crippen LogP contribution in [0, 0.1) is 5.82 Å². The minimum atomic E-state index is -0.383. The van der Waals surface area contributed by atoms with E-state index in [1.54, 1.807) is 18.2 Å². The standard InChI is InChI=1S/C12H18FNO/c1-12(2,3)15-11(8-14)9-6-4-5-7-10(9)13/h4-7,11H,8,14H2,1-3H3. The second-order valence-corrected chi connectivity index (χ2v) is 4.48. The third-order valence-corrected chi connectivity index (χ3v) is 1.96. The normalized spacial score (nSPS) is 13.9. The van der Waals surface area contributed by atoms with Crippen LogP contribution < -0.4 is 5.73 Å². The van der Waals surface area contributed by atoms with Crippen molar-refractivity contribution in [1.82, 2.24) is 0 Å². The summed E-state index contributed by atoms with van der Waals surface area (Å²) in [6.45, 7) is 6.06. The average Bonchev–Trinajstić information content (AvgIpc) is 2.14. The Kier molecular flexibility index (Phi) is 3.83. The Hall–Kier alpha value is -0.930. The number of ether oxygens (including phenoxy) is 1. The summed E-state index contributed by atoms with van der Waals surface area (Å²) in [6, 6.07) is 6.57. The number of rotatable bonds is 3. The quantitative estimate of drug-likeness (QED) is 0.834. The lowest BCUT2D eigenvalue weighted by molar-refractivity contribution is -0.0585. The van der Waals surface area contributed by atoms with Gasteiger partial charge < -0.3 is 10.5 Å². The number of halogens is 1. The van der Waals surface area contributed by atoms with E-state index >= 15 is 0 Å². The number of hydrogen-bond donors (Lipinski definition) is 1. The van der Waals surface area contributed by atoms with E-state index in [9.17, 15) is 4.39 Å². The molecule has 1 unspecified atom stereocenters. The van der Waals surface area contributed by atoms with Crippen molar-refractivity contribution >= 4 is 0 Å². The average molecular weight is 211 g/mol. The molecular formula is C12H18FNO. The van der Waals surface area contributed by atoms with Crippen molar-refractivity contribution < 1.29 is 9.13 Å². The lowest BCUT2D eigenvalue weighted by Crippen LogP contribution is -2.27. The zero-order valence-corrected chi connectivity index (χ0v) is 9.46. The van der Waals surface area contributed by atoms with Crippen LogP contribution in [0.2, 0.25) is 0 Å². The van der Waals surface area contributed by atoms with Gasteiger partial charge in [-0.15, -0.1) is 0 Å². The fourth-order valence-electron chi connectivity index (χ4n) is 1.40. The van der Waals surface area contributed by atoms with Crippen LogP contribution in [0.1, 0.15) is 32.4 Å². The molecule has 1 aromatic carbocycles. The van der Waals surface area contributed by atoms with Crippen molar-refractivity contribution in [3.8, 4) is 0 Å². The SMILES string of the molecule is CC(C)(C)OC(CN)c1ccccc1F. The summed E-state index contributed by atoms with van der Waals surface area (Å²) in [4.78, 5) is 0. The lowest BCUT2D eigenvalue weighted by Gasteiger charge is -2.27. The maximum absolute atomic E-state index is 13.5. The first kappa shape index (κ1) is 12.1. The van der Waals surface area contributed by atoms with Crippen LogP contribution >= 0.6 is 0 Å². The molecule has 1 aromatic rings. The van der Waals surface area contributed by atoms with Crippen molar-refractivity contribution in [3.05, 3.63) is 35.6 Å². The van der Waals surface area contributed by atoms with E-state index < -0.39 is 0 Å². The van der Waals surface area contributed by atoms with Gasteiger partial charge >= 0.3 is 0 Å². The monoisotopic (exact) mass is 211 g/mol. The Morgan fingerprint density at radius 2 is 1.93 bits per heavy atom. The predicted molar refractivity (Wildman–Crippen MR) is 59.0 cm³/mol. The molecule has 0 amide bonds. The van der Waals surface area contributed by atoms with Crippen LogP contribution in [-0.2, 0) is 4.74 Å². The van der Waals surface area contributed by atoms with E-state index in [2.05, 4.69) is 0 Å². The van der Waals surface area contributed by atoms with E-state index in [0.717, 1.165) is 0 Å². The molecule has 84 valence electrons. The Morgan fingerprint density at radius 1 is 1.33 bits per heavy atom. The summed E-state index contributed by atoms with van der Waals surface area (Å²) >= 11 is 0. The number of hydrogen-bond acceptors (Lipinski definition) is 2. The molecule has 2 N–H and O–H groups in total. The van der Waals surface area contributed by atoms with E-state index in [-0.39, 0.29) is 24.1 Å². The van der Waals surface area contributed by atoms with Gasteiger partial charge in [-0.1, -0.05) is 18.2 Å². The van der Waals surface area contributed by atoms with Crippen molar-refractivity contribution in [2.45, 2.75) is 32.5 Å². The topological polar surface area (TPSA) is 35.2 Å². The number of nitrogens with two attached hydrogens (primary N) is 1. The molecule has 0 aromatic heterocycles. The summed E-state index contributed by atoms with van der Waals surface area (Å²) in [6.07, 6.45) is -0.383. The third kappa shape index (κ3) is 3.61. The maximum Gasteiger partial charge on any atom is 0.129 e. The first-order valence-electron chi connectivity index (χ1n) is 5.06. The van der Waals surface area contributed by atoms with Gasteiger partial charge in [0.2, 0.25) is 0 Å². The van der Waals surface area contributed by atoms with Gasteiger partial charge in [-0.05, 0) is 26.8 Å². The summed E-state index contributed by atoms with van der Waals surface area (Å²) in [5, 5.41) is 0. The first-order valence-corrected chi connectivity index (χ1v) is 5.06. The molecular weight excluding hydrogens is 193 g/mol. The van der Waals surface area contributed by atoms with E-state index in [1.165, 1.54) is 6.07 Å². The van der Waals surface area contributed by atoms with Gasteiger partial charge in [0, 0.05) is 12.1 Å². The minimum absolute atomic E-state index is 0.266. The highest BCUT2D eigenvalue weighted by Gasteiger charge is 2.21.